The Bertz CT molecular complexity index is 449. The summed E-state index contributed by atoms with van der Waals surface area (Å²) in [6, 6.07) is 0. The van der Waals surface area contributed by atoms with E-state index in [-0.39, 0.29) is 61.0 Å². The van der Waals surface area contributed by atoms with Crippen molar-refractivity contribution in [3.8, 4) is 0 Å². The van der Waals surface area contributed by atoms with Gasteiger partial charge in [0.15, 0.2) is 0 Å². The van der Waals surface area contributed by atoms with Crippen LogP contribution < -0.4 is 15.3 Å². The van der Waals surface area contributed by atoms with Crippen molar-refractivity contribution in [2.45, 2.75) is 139 Å². The second-order valence-electron chi connectivity index (χ2n) is 12.4. The third-order valence-corrected chi connectivity index (χ3v) is 4.67. The molecule has 0 aliphatic carbocycles. The minimum absolute atomic E-state index is 0. The van der Waals surface area contributed by atoms with Crippen molar-refractivity contribution in [1.29, 1.82) is 0 Å². The van der Waals surface area contributed by atoms with E-state index in [9.17, 15) is 29.7 Å². The zero-order chi connectivity index (χ0) is 26.7. The van der Waals surface area contributed by atoms with Crippen LogP contribution in [0.1, 0.15) is 139 Å². The molecule has 0 bridgehead atoms. The van der Waals surface area contributed by atoms with E-state index in [4.69, 9.17) is 0 Å². The van der Waals surface area contributed by atoms with Crippen LogP contribution in [-0.2, 0) is 14.4 Å². The van der Waals surface area contributed by atoms with Crippen LogP contribution in [-0.4, -0.2) is 17.9 Å². The Morgan fingerprint density at radius 2 is 0.618 bits per heavy atom. The van der Waals surface area contributed by atoms with Gasteiger partial charge in [0, 0.05) is 17.9 Å². The summed E-state index contributed by atoms with van der Waals surface area (Å²) < 4.78 is 0. The first-order valence-electron chi connectivity index (χ1n) is 12.3. The van der Waals surface area contributed by atoms with Crippen LogP contribution in [0.5, 0.6) is 0 Å². The van der Waals surface area contributed by atoms with E-state index in [1.54, 1.807) is 0 Å². The number of aliphatic carboxylic acids is 3. The molecule has 34 heavy (non-hydrogen) atoms. The Hall–Kier alpha value is -0.213. The number of unbranched alkanes of at least 4 members (excludes halogenated alkanes) is 3. The summed E-state index contributed by atoms with van der Waals surface area (Å²) >= 11 is 0. The Kier molecular flexibility index (Phi) is 26.5. The van der Waals surface area contributed by atoms with Gasteiger partial charge in [-0.3, -0.25) is 0 Å². The topological polar surface area (TPSA) is 120 Å². The standard InChI is InChI=1S/3C9H18O2.Ce/c3*1-9(2,3)7-5-4-6-8(10)11;/h3*4-7H2,1-3H3,(H,10,11);/q;;;+3/p-3. The molecule has 7 heteroatoms. The molecule has 0 spiro atoms. The van der Waals surface area contributed by atoms with Gasteiger partial charge in [0.25, 0.3) is 0 Å². The summed E-state index contributed by atoms with van der Waals surface area (Å²) in [5.74, 6) is -2.79. The number of carboxylic acids is 3. The summed E-state index contributed by atoms with van der Waals surface area (Å²) in [7, 11) is 0. The van der Waals surface area contributed by atoms with Crippen molar-refractivity contribution in [2.75, 3.05) is 0 Å². The number of hydrogen-bond acceptors (Lipinski definition) is 6. The van der Waals surface area contributed by atoms with E-state index in [0.717, 1.165) is 57.8 Å². The zero-order valence-electron chi connectivity index (χ0n) is 23.4. The van der Waals surface area contributed by atoms with E-state index < -0.39 is 17.9 Å². The van der Waals surface area contributed by atoms with E-state index in [1.165, 1.54) is 0 Å². The molecule has 0 aromatic heterocycles. The summed E-state index contributed by atoms with van der Waals surface area (Å²) in [5.41, 5.74) is 0.976. The molecule has 0 atom stereocenters. The molecule has 0 aromatic rings. The Morgan fingerprint density at radius 3 is 0.735 bits per heavy atom. The maximum atomic E-state index is 10.0. The van der Waals surface area contributed by atoms with Gasteiger partial charge >= 0.3 is 41.7 Å². The van der Waals surface area contributed by atoms with Gasteiger partial charge in [-0.25, -0.2) is 0 Å². The Morgan fingerprint density at radius 1 is 0.441 bits per heavy atom. The molecule has 0 N–H and O–H groups in total. The van der Waals surface area contributed by atoms with Crippen LogP contribution in [0.2, 0.25) is 0 Å². The van der Waals surface area contributed by atoms with Gasteiger partial charge in [-0.1, -0.05) is 81.6 Å². The van der Waals surface area contributed by atoms with Crippen LogP contribution in [0.15, 0.2) is 0 Å². The minimum atomic E-state index is -0.932. The Balaban J connectivity index is -0.000000196. The molecule has 0 unspecified atom stereocenters. The molecule has 0 aromatic carbocycles. The van der Waals surface area contributed by atoms with Crippen molar-refractivity contribution in [2.24, 2.45) is 16.2 Å². The predicted octanol–water partition coefficient (Wildman–Crippen LogP) is 4.03. The number of hydrogen-bond donors (Lipinski definition) is 0. The van der Waals surface area contributed by atoms with Crippen LogP contribution in [0.25, 0.3) is 0 Å². The first-order valence-corrected chi connectivity index (χ1v) is 12.3. The third-order valence-electron chi connectivity index (χ3n) is 4.67. The predicted molar refractivity (Wildman–Crippen MR) is 129 cm³/mol. The molecule has 6 nitrogen and oxygen atoms in total. The third kappa shape index (κ3) is 53.2. The summed E-state index contributed by atoms with van der Waals surface area (Å²) in [6.45, 7) is 19.4. The van der Waals surface area contributed by atoms with Crippen molar-refractivity contribution >= 4 is 17.9 Å². The van der Waals surface area contributed by atoms with Gasteiger partial charge in [-0.2, -0.15) is 0 Å². The summed E-state index contributed by atoms with van der Waals surface area (Å²) in [6.07, 6.45) is 9.06. The first-order chi connectivity index (χ1) is 14.7. The van der Waals surface area contributed by atoms with Gasteiger partial charge in [-0.05, 0) is 74.0 Å². The molecule has 0 rings (SSSR count). The molecule has 0 amide bonds. The maximum absolute atomic E-state index is 10.0. The molecule has 1 radical (unpaired) electrons. The van der Waals surface area contributed by atoms with Crippen LogP contribution >= 0.6 is 0 Å². The number of carbonyl (C=O) groups excluding carboxylic acids is 3. The van der Waals surface area contributed by atoms with Crippen LogP contribution in [0.3, 0.4) is 0 Å². The molecule has 0 saturated heterocycles. The van der Waals surface area contributed by atoms with Gasteiger partial charge in [0.05, 0.1) is 0 Å². The number of rotatable bonds is 12. The van der Waals surface area contributed by atoms with E-state index in [1.807, 2.05) is 0 Å². The van der Waals surface area contributed by atoms with Crippen molar-refractivity contribution in [3.63, 3.8) is 0 Å². The zero-order valence-corrected chi connectivity index (χ0v) is 26.6. The summed E-state index contributed by atoms with van der Waals surface area (Å²) in [5, 5.41) is 30.0. The fourth-order valence-electron chi connectivity index (χ4n) is 2.77. The molecule has 199 valence electrons. The van der Waals surface area contributed by atoms with Crippen LogP contribution in [0.4, 0.5) is 0 Å². The molecule has 0 saturated carbocycles. The SMILES string of the molecule is CC(C)(C)CCCCC(=O)[O-].CC(C)(C)CCCCC(=O)[O-].CC(C)(C)CCCCC(=O)[O-].[Ce+3]. The van der Waals surface area contributed by atoms with E-state index in [2.05, 4.69) is 62.3 Å². The second kappa shape index (κ2) is 22.0. The van der Waals surface area contributed by atoms with Gasteiger partial charge in [0.1, 0.15) is 0 Å². The average Bonchev–Trinajstić information content (AvgIpc) is 2.58. The fourth-order valence-corrected chi connectivity index (χ4v) is 2.77. The van der Waals surface area contributed by atoms with Gasteiger partial charge in [0.2, 0.25) is 0 Å². The number of carbonyl (C=O) groups is 3. The number of carboxylic acid groups (broad SMARTS) is 3. The monoisotopic (exact) mass is 611 g/mol. The van der Waals surface area contributed by atoms with Gasteiger partial charge in [-0.15, -0.1) is 0 Å². The summed E-state index contributed by atoms with van der Waals surface area (Å²) in [4.78, 5) is 30.0. The second-order valence-corrected chi connectivity index (χ2v) is 12.4. The fraction of sp³-hybridized carbons (Fsp3) is 0.889. The Labute approximate surface area is 243 Å². The first kappa shape index (κ1) is 40.9. The van der Waals surface area contributed by atoms with E-state index in [0.29, 0.717) is 16.2 Å². The molecular weight excluding hydrogens is 560 g/mol. The molecule has 0 aliphatic heterocycles. The molecule has 0 heterocycles. The van der Waals surface area contributed by atoms with E-state index >= 15 is 0 Å². The normalized spacial score (nSPS) is 11.2. The average molecular weight is 612 g/mol. The van der Waals surface area contributed by atoms with Crippen molar-refractivity contribution in [1.82, 2.24) is 0 Å². The smallest absolute Gasteiger partial charge is 0.550 e. The molecule has 0 aliphatic rings. The maximum Gasteiger partial charge on any atom is 3.00 e. The molecule has 0 fully saturated rings. The van der Waals surface area contributed by atoms with Crippen molar-refractivity contribution in [3.05, 3.63) is 0 Å². The van der Waals surface area contributed by atoms with Crippen molar-refractivity contribution < 1.29 is 71.5 Å². The minimum Gasteiger partial charge on any atom is -0.550 e. The van der Waals surface area contributed by atoms with Crippen LogP contribution in [0, 0.1) is 58.0 Å². The largest absolute Gasteiger partial charge is 3.00 e. The molecular formula is C27H51CeO6. The quantitative estimate of drug-likeness (QED) is 0.308. The van der Waals surface area contributed by atoms with Gasteiger partial charge < -0.3 is 29.7 Å².